The van der Waals surface area contributed by atoms with Crippen LogP contribution in [0.5, 0.6) is 0 Å². The maximum atomic E-state index is 10.6. The van der Waals surface area contributed by atoms with Crippen LogP contribution in [-0.2, 0) is 0 Å². The number of hydrogen-bond donors (Lipinski definition) is 1. The first-order valence-electron chi connectivity index (χ1n) is 3.65. The molecule has 0 saturated carbocycles. The number of halogens is 1. The normalized spacial score (nSPS) is 10.7. The van der Waals surface area contributed by atoms with Crippen molar-refractivity contribution < 1.29 is 4.92 Å². The zero-order valence-corrected chi connectivity index (χ0v) is 10.6. The van der Waals surface area contributed by atoms with Gasteiger partial charge in [-0.05, 0) is 34.7 Å². The molecule has 1 aromatic carbocycles. The number of benzene rings is 1. The Morgan fingerprint density at radius 2 is 2.21 bits per heavy atom. The third-order valence-corrected chi connectivity index (χ3v) is 4.15. The third-order valence-electron chi connectivity index (χ3n) is 1.82. The van der Waals surface area contributed by atoms with E-state index in [4.69, 9.17) is 0 Å². The smallest absolute Gasteiger partial charge is 0.258 e. The number of nitrogens with zero attached hydrogens (tertiary/aromatic N) is 1. The molecule has 0 bridgehead atoms. The maximum absolute atomic E-state index is 10.6. The summed E-state index contributed by atoms with van der Waals surface area (Å²) >= 11 is 7.97. The van der Waals surface area contributed by atoms with Crippen molar-refractivity contribution in [2.75, 3.05) is 0 Å². The number of thiol groups is 1. The van der Waals surface area contributed by atoms with Crippen molar-refractivity contribution in [1.29, 1.82) is 0 Å². The van der Waals surface area contributed by atoms with Gasteiger partial charge in [-0.25, -0.2) is 0 Å². The predicted molar refractivity (Wildman–Crippen MR) is 68.4 cm³/mol. The summed E-state index contributed by atoms with van der Waals surface area (Å²) in [4.78, 5) is 10.7. The lowest BCUT2D eigenvalue weighted by atomic mass is 10.2. The highest BCUT2D eigenvalue weighted by atomic mass is 127. The molecule has 0 fully saturated rings. The van der Waals surface area contributed by atoms with Crippen LogP contribution in [0.3, 0.4) is 0 Å². The lowest BCUT2D eigenvalue weighted by Crippen LogP contribution is -1.88. The van der Waals surface area contributed by atoms with Gasteiger partial charge in [0, 0.05) is 16.2 Å². The first-order valence-corrected chi connectivity index (χ1v) is 5.99. The van der Waals surface area contributed by atoms with Crippen LogP contribution in [0.25, 0.3) is 10.1 Å². The highest BCUT2D eigenvalue weighted by Gasteiger charge is 2.15. The van der Waals surface area contributed by atoms with Gasteiger partial charge in [0.15, 0.2) is 0 Å². The monoisotopic (exact) mass is 337 g/mol. The van der Waals surface area contributed by atoms with Crippen molar-refractivity contribution in [3.63, 3.8) is 0 Å². The van der Waals surface area contributed by atoms with Gasteiger partial charge in [0.1, 0.15) is 0 Å². The van der Waals surface area contributed by atoms with Gasteiger partial charge in [-0.2, -0.15) is 0 Å². The van der Waals surface area contributed by atoms with Gasteiger partial charge in [-0.15, -0.1) is 24.0 Å². The largest absolute Gasteiger partial charge is 0.283 e. The molecule has 0 spiro atoms. The van der Waals surface area contributed by atoms with Crippen LogP contribution in [0.1, 0.15) is 0 Å². The lowest BCUT2D eigenvalue weighted by molar-refractivity contribution is -0.387. The highest BCUT2D eigenvalue weighted by Crippen LogP contribution is 2.36. The van der Waals surface area contributed by atoms with Crippen LogP contribution in [0, 0.1) is 13.0 Å². The number of hydrogen-bond acceptors (Lipinski definition) is 4. The Hall–Kier alpha value is -0.340. The molecule has 0 amide bonds. The van der Waals surface area contributed by atoms with E-state index in [0.717, 1.165) is 13.0 Å². The second-order valence-corrected chi connectivity index (χ2v) is 6.08. The predicted octanol–water partition coefficient (Wildman–Crippen LogP) is 3.70. The van der Waals surface area contributed by atoms with E-state index in [1.54, 1.807) is 17.4 Å². The summed E-state index contributed by atoms with van der Waals surface area (Å²) in [6.45, 7) is 0. The molecular weight excluding hydrogens is 333 g/mol. The molecule has 1 heterocycles. The minimum atomic E-state index is -0.410. The van der Waals surface area contributed by atoms with E-state index in [0.29, 0.717) is 4.90 Å². The topological polar surface area (TPSA) is 43.1 Å². The van der Waals surface area contributed by atoms with Crippen molar-refractivity contribution in [2.24, 2.45) is 0 Å². The van der Waals surface area contributed by atoms with Crippen molar-refractivity contribution >= 4 is 62.3 Å². The molecule has 0 aliphatic heterocycles. The Balaban J connectivity index is 2.80. The fraction of sp³-hybridized carbons (Fsp3) is 0. The molecule has 2 rings (SSSR count). The summed E-state index contributed by atoms with van der Waals surface area (Å²) < 4.78 is 2.14. The Labute approximate surface area is 103 Å². The van der Waals surface area contributed by atoms with Crippen LogP contribution in [0.2, 0.25) is 0 Å². The van der Waals surface area contributed by atoms with E-state index in [-0.39, 0.29) is 5.69 Å². The SMILES string of the molecule is O=[N+]([O-])c1ccc2sc(I)cc2c1S. The number of rotatable bonds is 1. The summed E-state index contributed by atoms with van der Waals surface area (Å²) in [6.07, 6.45) is 0. The summed E-state index contributed by atoms with van der Waals surface area (Å²) in [5.74, 6) is 0. The van der Waals surface area contributed by atoms with Crippen LogP contribution in [0.4, 0.5) is 5.69 Å². The first-order chi connectivity index (χ1) is 6.59. The fourth-order valence-corrected chi connectivity index (χ4v) is 3.44. The summed E-state index contributed by atoms with van der Waals surface area (Å²) in [5.41, 5.74) is 0.0648. The van der Waals surface area contributed by atoms with Crippen LogP contribution in [-0.4, -0.2) is 4.92 Å². The van der Waals surface area contributed by atoms with Crippen LogP contribution >= 0.6 is 46.6 Å². The second kappa shape index (κ2) is 3.67. The molecule has 0 aliphatic rings. The molecule has 0 atom stereocenters. The summed E-state index contributed by atoms with van der Waals surface area (Å²) in [6, 6.07) is 5.17. The average Bonchev–Trinajstić information content (AvgIpc) is 2.46. The molecule has 3 nitrogen and oxygen atoms in total. The molecule has 0 radical (unpaired) electrons. The molecule has 72 valence electrons. The van der Waals surface area contributed by atoms with E-state index in [1.807, 2.05) is 6.07 Å². The van der Waals surface area contributed by atoms with Gasteiger partial charge in [0.25, 0.3) is 5.69 Å². The molecule has 14 heavy (non-hydrogen) atoms. The molecule has 6 heteroatoms. The summed E-state index contributed by atoms with van der Waals surface area (Å²) in [7, 11) is 0. The highest BCUT2D eigenvalue weighted by molar-refractivity contribution is 14.1. The molecule has 0 saturated heterocycles. The van der Waals surface area contributed by atoms with Crippen molar-refractivity contribution in [3.05, 3.63) is 31.2 Å². The van der Waals surface area contributed by atoms with E-state index in [9.17, 15) is 10.1 Å². The number of fused-ring (bicyclic) bond motifs is 1. The fourth-order valence-electron chi connectivity index (χ4n) is 1.20. The number of thiophene rings is 1. The molecular formula is C8H4INO2S2. The third kappa shape index (κ3) is 1.61. The summed E-state index contributed by atoms with van der Waals surface area (Å²) in [5, 5.41) is 11.5. The van der Waals surface area contributed by atoms with E-state index in [1.165, 1.54) is 6.07 Å². The van der Waals surface area contributed by atoms with E-state index in [2.05, 4.69) is 35.2 Å². The molecule has 0 aliphatic carbocycles. The maximum Gasteiger partial charge on any atom is 0.283 e. The standard InChI is InChI=1S/C8H4INO2S2/c9-7-3-4-6(14-7)2-1-5(8(4)13)10(11)12/h1-3,13H. The van der Waals surface area contributed by atoms with E-state index >= 15 is 0 Å². The van der Waals surface area contributed by atoms with Crippen LogP contribution < -0.4 is 0 Å². The van der Waals surface area contributed by atoms with E-state index < -0.39 is 4.92 Å². The van der Waals surface area contributed by atoms with Gasteiger partial charge >= 0.3 is 0 Å². The zero-order valence-electron chi connectivity index (χ0n) is 6.73. The van der Waals surface area contributed by atoms with Gasteiger partial charge in [0.2, 0.25) is 0 Å². The Morgan fingerprint density at radius 1 is 1.50 bits per heavy atom. The molecule has 1 aromatic heterocycles. The number of nitro benzene ring substituents is 1. The van der Waals surface area contributed by atoms with Crippen molar-refractivity contribution in [1.82, 2.24) is 0 Å². The van der Waals surface area contributed by atoms with Crippen LogP contribution in [0.15, 0.2) is 23.1 Å². The Morgan fingerprint density at radius 3 is 2.86 bits per heavy atom. The Bertz CT molecular complexity index is 523. The second-order valence-electron chi connectivity index (χ2n) is 2.65. The van der Waals surface area contributed by atoms with Gasteiger partial charge < -0.3 is 0 Å². The molecule has 2 aromatic rings. The van der Waals surface area contributed by atoms with Gasteiger partial charge in [0.05, 0.1) is 12.7 Å². The average molecular weight is 337 g/mol. The number of nitro groups is 1. The van der Waals surface area contributed by atoms with Gasteiger partial charge in [-0.1, -0.05) is 0 Å². The van der Waals surface area contributed by atoms with Gasteiger partial charge in [-0.3, -0.25) is 10.1 Å². The zero-order chi connectivity index (χ0) is 10.3. The Kier molecular flexibility index (Phi) is 2.67. The lowest BCUT2D eigenvalue weighted by Gasteiger charge is -1.96. The molecule has 0 N–H and O–H groups in total. The first kappa shape index (κ1) is 10.2. The quantitative estimate of drug-likeness (QED) is 0.373. The minimum absolute atomic E-state index is 0.0648. The minimum Gasteiger partial charge on any atom is -0.258 e. The van der Waals surface area contributed by atoms with Crippen molar-refractivity contribution in [3.8, 4) is 0 Å². The molecule has 0 unspecified atom stereocenters. The van der Waals surface area contributed by atoms with Crippen molar-refractivity contribution in [2.45, 2.75) is 4.90 Å².